The van der Waals surface area contributed by atoms with Gasteiger partial charge in [-0.25, -0.2) is 0 Å². The van der Waals surface area contributed by atoms with Crippen molar-refractivity contribution < 1.29 is 13.5 Å². The van der Waals surface area contributed by atoms with E-state index in [0.717, 1.165) is 12.8 Å². The molecule has 1 fully saturated rings. The van der Waals surface area contributed by atoms with Crippen molar-refractivity contribution in [3.8, 4) is 5.75 Å². The summed E-state index contributed by atoms with van der Waals surface area (Å²) in [4.78, 5) is 0. The normalized spacial score (nSPS) is 26.0. The molecule has 1 N–H and O–H groups in total. The lowest BCUT2D eigenvalue weighted by Crippen LogP contribution is -2.30. The molecule has 0 saturated heterocycles. The van der Waals surface area contributed by atoms with Crippen molar-refractivity contribution in [1.82, 2.24) is 0 Å². The Kier molecular flexibility index (Phi) is 5.72. The predicted octanol–water partition coefficient (Wildman–Crippen LogP) is 5.94. The number of nitrogens with one attached hydrogen (secondary N) is 1. The summed E-state index contributed by atoms with van der Waals surface area (Å²) in [6.45, 7) is 1.57. The van der Waals surface area contributed by atoms with Gasteiger partial charge in [0.1, 0.15) is 0 Å². The zero-order valence-corrected chi connectivity index (χ0v) is 14.3. The summed E-state index contributed by atoms with van der Waals surface area (Å²) in [5.41, 5.74) is 0.515. The SMILES string of the molecule is CC1CC(C)CC(Nc2cc(Cl)cc(Br)c2OC(F)F)C1. The van der Waals surface area contributed by atoms with Gasteiger partial charge in [-0.1, -0.05) is 25.4 Å². The van der Waals surface area contributed by atoms with Gasteiger partial charge in [0.2, 0.25) is 0 Å². The summed E-state index contributed by atoms with van der Waals surface area (Å²) < 4.78 is 30.2. The topological polar surface area (TPSA) is 21.3 Å². The standard InChI is InChI=1S/C15H19BrClF2NO/c1-8-3-9(2)5-11(4-8)20-13-7-10(17)6-12(16)14(13)21-15(18)19/h6-9,11,15,20H,3-5H2,1-2H3. The van der Waals surface area contributed by atoms with E-state index < -0.39 is 6.61 Å². The van der Waals surface area contributed by atoms with Gasteiger partial charge in [-0.3, -0.25) is 0 Å². The zero-order valence-electron chi connectivity index (χ0n) is 12.0. The van der Waals surface area contributed by atoms with Crippen LogP contribution in [0, 0.1) is 11.8 Å². The summed E-state index contributed by atoms with van der Waals surface area (Å²) >= 11 is 9.25. The van der Waals surface area contributed by atoms with E-state index in [0.29, 0.717) is 27.0 Å². The van der Waals surface area contributed by atoms with Crippen LogP contribution in [-0.4, -0.2) is 12.7 Å². The maximum atomic E-state index is 12.6. The van der Waals surface area contributed by atoms with Gasteiger partial charge < -0.3 is 10.1 Å². The molecular formula is C15H19BrClF2NO. The molecule has 6 heteroatoms. The maximum Gasteiger partial charge on any atom is 0.387 e. The molecule has 118 valence electrons. The molecule has 21 heavy (non-hydrogen) atoms. The van der Waals surface area contributed by atoms with E-state index in [4.69, 9.17) is 11.6 Å². The fourth-order valence-electron chi connectivity index (χ4n) is 3.16. The highest BCUT2D eigenvalue weighted by Gasteiger charge is 2.25. The summed E-state index contributed by atoms with van der Waals surface area (Å²) in [6.07, 6.45) is 3.24. The molecule has 0 bridgehead atoms. The molecule has 1 aromatic rings. The molecule has 0 heterocycles. The van der Waals surface area contributed by atoms with Crippen LogP contribution in [0.5, 0.6) is 5.75 Å². The predicted molar refractivity (Wildman–Crippen MR) is 85.4 cm³/mol. The molecule has 1 aliphatic rings. The van der Waals surface area contributed by atoms with Crippen LogP contribution in [0.15, 0.2) is 16.6 Å². The van der Waals surface area contributed by atoms with Crippen molar-refractivity contribution in [2.75, 3.05) is 5.32 Å². The first-order valence-electron chi connectivity index (χ1n) is 7.05. The molecule has 1 aromatic carbocycles. The monoisotopic (exact) mass is 381 g/mol. The van der Waals surface area contributed by atoms with Crippen LogP contribution < -0.4 is 10.1 Å². The number of hydrogen-bond acceptors (Lipinski definition) is 2. The van der Waals surface area contributed by atoms with Crippen LogP contribution in [0.2, 0.25) is 5.02 Å². The Morgan fingerprint density at radius 1 is 1.24 bits per heavy atom. The van der Waals surface area contributed by atoms with Crippen molar-refractivity contribution in [3.63, 3.8) is 0 Å². The van der Waals surface area contributed by atoms with E-state index >= 15 is 0 Å². The zero-order chi connectivity index (χ0) is 15.6. The molecule has 0 spiro atoms. The Hall–Kier alpha value is -0.550. The molecule has 2 unspecified atom stereocenters. The maximum absolute atomic E-state index is 12.6. The molecule has 1 saturated carbocycles. The molecule has 0 aliphatic heterocycles. The van der Waals surface area contributed by atoms with E-state index in [9.17, 15) is 8.78 Å². The quantitative estimate of drug-likeness (QED) is 0.695. The van der Waals surface area contributed by atoms with Crippen LogP contribution >= 0.6 is 27.5 Å². The lowest BCUT2D eigenvalue weighted by molar-refractivity contribution is -0.0499. The van der Waals surface area contributed by atoms with Gasteiger partial charge in [0.15, 0.2) is 5.75 Å². The van der Waals surface area contributed by atoms with Crippen molar-refractivity contribution in [3.05, 3.63) is 21.6 Å². The Balaban J connectivity index is 2.21. The lowest BCUT2D eigenvalue weighted by Gasteiger charge is -2.33. The van der Waals surface area contributed by atoms with Crippen LogP contribution in [0.25, 0.3) is 0 Å². The lowest BCUT2D eigenvalue weighted by atomic mass is 9.80. The Bertz CT molecular complexity index is 491. The number of benzene rings is 1. The first-order valence-corrected chi connectivity index (χ1v) is 8.22. The summed E-state index contributed by atoms with van der Waals surface area (Å²) in [7, 11) is 0. The highest BCUT2D eigenvalue weighted by molar-refractivity contribution is 9.10. The van der Waals surface area contributed by atoms with E-state index in [1.165, 1.54) is 6.42 Å². The third kappa shape index (κ3) is 4.71. The average molecular weight is 383 g/mol. The van der Waals surface area contributed by atoms with Gasteiger partial charge in [-0.2, -0.15) is 8.78 Å². The summed E-state index contributed by atoms with van der Waals surface area (Å²) in [5.74, 6) is 1.35. The number of anilines is 1. The second-order valence-electron chi connectivity index (χ2n) is 5.90. The van der Waals surface area contributed by atoms with Gasteiger partial charge in [0, 0.05) is 11.1 Å². The van der Waals surface area contributed by atoms with E-state index in [-0.39, 0.29) is 11.8 Å². The van der Waals surface area contributed by atoms with Crippen molar-refractivity contribution >= 4 is 33.2 Å². The number of alkyl halides is 2. The van der Waals surface area contributed by atoms with Crippen molar-refractivity contribution in [2.24, 2.45) is 11.8 Å². The second kappa shape index (κ2) is 7.14. The van der Waals surface area contributed by atoms with E-state index in [1.54, 1.807) is 12.1 Å². The van der Waals surface area contributed by atoms with Crippen LogP contribution in [0.1, 0.15) is 33.1 Å². The highest BCUT2D eigenvalue weighted by Crippen LogP contribution is 2.39. The van der Waals surface area contributed by atoms with E-state index in [1.807, 2.05) is 0 Å². The summed E-state index contributed by atoms with van der Waals surface area (Å²) in [6, 6.07) is 3.43. The molecular weight excluding hydrogens is 364 g/mol. The van der Waals surface area contributed by atoms with Crippen LogP contribution in [0.3, 0.4) is 0 Å². The number of halogens is 4. The minimum absolute atomic E-state index is 0.111. The first-order chi connectivity index (χ1) is 9.85. The van der Waals surface area contributed by atoms with Gasteiger partial charge in [-0.05, 0) is 59.2 Å². The Morgan fingerprint density at radius 3 is 2.43 bits per heavy atom. The summed E-state index contributed by atoms with van der Waals surface area (Å²) in [5, 5.41) is 3.80. The third-order valence-electron chi connectivity index (χ3n) is 3.75. The molecule has 2 nitrogen and oxygen atoms in total. The number of ether oxygens (including phenoxy) is 1. The highest BCUT2D eigenvalue weighted by atomic mass is 79.9. The minimum Gasteiger partial charge on any atom is -0.431 e. The molecule has 0 amide bonds. The molecule has 2 rings (SSSR count). The van der Waals surface area contributed by atoms with Crippen molar-refractivity contribution in [2.45, 2.75) is 45.8 Å². The Morgan fingerprint density at radius 2 is 1.86 bits per heavy atom. The minimum atomic E-state index is -2.87. The number of hydrogen-bond donors (Lipinski definition) is 1. The fraction of sp³-hybridized carbons (Fsp3) is 0.600. The van der Waals surface area contributed by atoms with Gasteiger partial charge in [-0.15, -0.1) is 0 Å². The number of rotatable bonds is 4. The second-order valence-corrected chi connectivity index (χ2v) is 7.19. The largest absolute Gasteiger partial charge is 0.431 e. The Labute approximate surface area is 137 Å². The molecule has 0 aromatic heterocycles. The first kappa shape index (κ1) is 16.8. The van der Waals surface area contributed by atoms with Crippen LogP contribution in [0.4, 0.5) is 14.5 Å². The van der Waals surface area contributed by atoms with E-state index in [2.05, 4.69) is 39.8 Å². The molecule has 0 radical (unpaired) electrons. The van der Waals surface area contributed by atoms with Gasteiger partial charge in [0.05, 0.1) is 10.2 Å². The molecule has 1 aliphatic carbocycles. The van der Waals surface area contributed by atoms with Crippen molar-refractivity contribution in [1.29, 1.82) is 0 Å². The fourth-order valence-corrected chi connectivity index (χ4v) is 4.06. The average Bonchev–Trinajstić information content (AvgIpc) is 2.31. The molecule has 2 atom stereocenters. The van der Waals surface area contributed by atoms with Gasteiger partial charge >= 0.3 is 6.61 Å². The van der Waals surface area contributed by atoms with Crippen LogP contribution in [-0.2, 0) is 0 Å². The smallest absolute Gasteiger partial charge is 0.387 e. The third-order valence-corrected chi connectivity index (χ3v) is 4.56. The van der Waals surface area contributed by atoms with Gasteiger partial charge in [0.25, 0.3) is 0 Å².